The smallest absolute Gasteiger partial charge is 0.207 e. The molecule has 9 heteroatoms. The van der Waals surface area contributed by atoms with Crippen molar-refractivity contribution >= 4 is 28.9 Å². The van der Waals surface area contributed by atoms with Crippen molar-refractivity contribution in [3.05, 3.63) is 41.7 Å². The molecule has 0 radical (unpaired) electrons. The number of hydrogen-bond donors (Lipinski definition) is 2. The number of nitrogen functional groups attached to an aromatic ring is 1. The van der Waals surface area contributed by atoms with E-state index < -0.39 is 11.9 Å². The number of benzene rings is 1. The largest absolute Gasteiger partial charge is 0.381 e. The van der Waals surface area contributed by atoms with E-state index >= 15 is 0 Å². The predicted octanol–water partition coefficient (Wildman–Crippen LogP) is 4.17. The molecule has 3 N–H and O–H groups in total. The second kappa shape index (κ2) is 10.7. The van der Waals surface area contributed by atoms with Crippen LogP contribution in [0.25, 0.3) is 0 Å². The number of anilines is 3. The molecule has 2 aromatic rings. The summed E-state index contributed by atoms with van der Waals surface area (Å²) in [7, 11) is 0. The van der Waals surface area contributed by atoms with Gasteiger partial charge in [-0.15, -0.1) is 0 Å². The van der Waals surface area contributed by atoms with Crippen LogP contribution in [-0.2, 0) is 16.0 Å². The van der Waals surface area contributed by atoms with Crippen molar-refractivity contribution in [2.24, 2.45) is 17.8 Å². The van der Waals surface area contributed by atoms with E-state index in [0.29, 0.717) is 50.9 Å². The Hall–Kier alpha value is -3.10. The Morgan fingerprint density at radius 1 is 1.17 bits per heavy atom. The van der Waals surface area contributed by atoms with E-state index in [1.165, 1.54) is 18.5 Å². The number of nitrogens with one attached hydrogen (secondary N) is 1. The molecule has 4 rings (SSSR count). The Morgan fingerprint density at radius 2 is 1.97 bits per heavy atom. The third kappa shape index (κ3) is 5.28. The van der Waals surface area contributed by atoms with Gasteiger partial charge in [0.25, 0.3) is 0 Å². The number of carbonyl (C=O) groups excluding carboxylic acids is 2. The summed E-state index contributed by atoms with van der Waals surface area (Å²) in [5.41, 5.74) is 7.10. The first-order chi connectivity index (χ1) is 16.8. The maximum atomic E-state index is 14.7. The molecule has 1 saturated heterocycles. The van der Waals surface area contributed by atoms with Gasteiger partial charge in [0, 0.05) is 37.0 Å². The lowest BCUT2D eigenvalue weighted by Crippen LogP contribution is -2.51. The lowest BCUT2D eigenvalue weighted by atomic mass is 9.68. The summed E-state index contributed by atoms with van der Waals surface area (Å²) in [5.74, 6) is -1.87. The van der Waals surface area contributed by atoms with Gasteiger partial charge in [0.15, 0.2) is 17.4 Å². The van der Waals surface area contributed by atoms with Crippen molar-refractivity contribution in [3.8, 4) is 0 Å². The minimum Gasteiger partial charge on any atom is -0.381 e. The van der Waals surface area contributed by atoms with Gasteiger partial charge in [-0.1, -0.05) is 20.3 Å². The number of ketones is 2. The van der Waals surface area contributed by atoms with E-state index in [1.54, 1.807) is 4.90 Å². The fourth-order valence-corrected chi connectivity index (χ4v) is 5.63. The van der Waals surface area contributed by atoms with Crippen molar-refractivity contribution in [2.45, 2.75) is 58.4 Å². The molecule has 2 fully saturated rings. The highest BCUT2D eigenvalue weighted by Crippen LogP contribution is 2.39. The zero-order valence-electron chi connectivity index (χ0n) is 20.3. The monoisotopic (exact) mass is 485 g/mol. The third-order valence-electron chi connectivity index (χ3n) is 7.46. The van der Waals surface area contributed by atoms with E-state index in [1.807, 2.05) is 19.9 Å². The highest BCUT2D eigenvalue weighted by molar-refractivity contribution is 5.91. The average Bonchev–Trinajstić information content (AvgIpc) is 2.86. The third-order valence-corrected chi connectivity index (χ3v) is 7.46. The lowest BCUT2D eigenvalue weighted by molar-refractivity contribution is -0.131. The van der Waals surface area contributed by atoms with E-state index in [9.17, 15) is 18.4 Å². The van der Waals surface area contributed by atoms with Crippen LogP contribution < -0.4 is 16.0 Å². The Balaban J connectivity index is 1.58. The lowest BCUT2D eigenvalue weighted by Gasteiger charge is -2.44. The predicted molar refractivity (Wildman–Crippen MR) is 131 cm³/mol. The fourth-order valence-electron chi connectivity index (χ4n) is 5.63. The number of nitrogens with two attached hydrogens (primary N) is 1. The highest BCUT2D eigenvalue weighted by atomic mass is 19.1. The first-order valence-corrected chi connectivity index (χ1v) is 12.5. The van der Waals surface area contributed by atoms with Crippen molar-refractivity contribution in [1.82, 2.24) is 9.97 Å². The van der Waals surface area contributed by atoms with E-state index in [-0.39, 0.29) is 46.8 Å². The maximum Gasteiger partial charge on any atom is 0.207 e. The topological polar surface area (TPSA) is 101 Å². The van der Waals surface area contributed by atoms with Gasteiger partial charge in [0.05, 0.1) is 6.04 Å². The molecule has 0 spiro atoms. The van der Waals surface area contributed by atoms with Crippen LogP contribution in [0, 0.1) is 29.4 Å². The second-order valence-corrected chi connectivity index (χ2v) is 9.56. The summed E-state index contributed by atoms with van der Waals surface area (Å²) >= 11 is 0. The zero-order chi connectivity index (χ0) is 25.1. The van der Waals surface area contributed by atoms with Gasteiger partial charge in [-0.05, 0) is 55.4 Å². The normalized spacial score (nSPS) is 24.9. The van der Waals surface area contributed by atoms with Crippen molar-refractivity contribution < 1.29 is 18.4 Å². The summed E-state index contributed by atoms with van der Waals surface area (Å²) in [4.78, 5) is 36.1. The van der Waals surface area contributed by atoms with Crippen LogP contribution >= 0.6 is 0 Å². The Labute approximate surface area is 204 Å². The Kier molecular flexibility index (Phi) is 7.62. The summed E-state index contributed by atoms with van der Waals surface area (Å²) < 4.78 is 28.7. The minimum absolute atomic E-state index is 0.0296. The SMILES string of the molecule is CCC(=O)[C@@H]1CCN(c2ncnc(N)c2F)C[C@H]1C1CCC[C@@H](Nc2cc(F)cc(CC)c2)C1=O. The number of carbonyl (C=O) groups is 2. The molecule has 1 saturated carbocycles. The van der Waals surface area contributed by atoms with Crippen LogP contribution in [0.1, 0.15) is 51.5 Å². The number of halogens is 2. The van der Waals surface area contributed by atoms with Crippen molar-refractivity contribution in [3.63, 3.8) is 0 Å². The van der Waals surface area contributed by atoms with Crippen LogP contribution in [0.5, 0.6) is 0 Å². The molecule has 35 heavy (non-hydrogen) atoms. The van der Waals surface area contributed by atoms with Gasteiger partial charge in [0.1, 0.15) is 17.9 Å². The van der Waals surface area contributed by atoms with Gasteiger partial charge in [-0.25, -0.2) is 14.4 Å². The van der Waals surface area contributed by atoms with Crippen molar-refractivity contribution in [1.29, 1.82) is 0 Å². The Bertz CT molecular complexity index is 1100. The zero-order valence-corrected chi connectivity index (χ0v) is 20.3. The molecular formula is C26H33F2N5O2. The van der Waals surface area contributed by atoms with E-state index in [0.717, 1.165) is 12.0 Å². The quantitative estimate of drug-likeness (QED) is 0.607. The number of Topliss-reactive ketones (excluding diaryl/α,β-unsaturated/α-hetero) is 2. The maximum absolute atomic E-state index is 14.7. The molecule has 7 nitrogen and oxygen atoms in total. The number of aryl methyl sites for hydroxylation is 1. The summed E-state index contributed by atoms with van der Waals surface area (Å²) in [5, 5.41) is 3.25. The number of nitrogens with zero attached hydrogens (tertiary/aromatic N) is 3. The van der Waals surface area contributed by atoms with Gasteiger partial charge < -0.3 is 16.0 Å². The molecule has 1 unspecified atom stereocenters. The van der Waals surface area contributed by atoms with Gasteiger partial charge >= 0.3 is 0 Å². The summed E-state index contributed by atoms with van der Waals surface area (Å²) in [6, 6.07) is 4.31. The molecule has 1 aromatic carbocycles. The van der Waals surface area contributed by atoms with Crippen LogP contribution in [0.15, 0.2) is 24.5 Å². The highest BCUT2D eigenvalue weighted by Gasteiger charge is 2.44. The molecule has 1 aliphatic carbocycles. The van der Waals surface area contributed by atoms with Gasteiger partial charge in [-0.2, -0.15) is 4.39 Å². The molecule has 4 atom stereocenters. The second-order valence-electron chi connectivity index (χ2n) is 9.56. The first kappa shape index (κ1) is 25.0. The van der Waals surface area contributed by atoms with Gasteiger partial charge in [-0.3, -0.25) is 9.59 Å². The summed E-state index contributed by atoms with van der Waals surface area (Å²) in [6.07, 6.45) is 4.95. The standard InChI is InChI=1S/C26H33F2N5O2/c1-3-15-10-16(27)12-17(11-15)32-21-7-5-6-19(24(21)35)20-13-33(9-8-18(20)22(34)4-2)26-23(28)25(29)30-14-31-26/h10-12,14,18-21,32H,3-9,13H2,1-2H3,(H2,29,30,31)/t18-,19?,20-,21-/m1/s1. The molecule has 2 heterocycles. The molecular weight excluding hydrogens is 452 g/mol. The number of aromatic nitrogens is 2. The fraction of sp³-hybridized carbons (Fsp3) is 0.538. The molecule has 1 aliphatic heterocycles. The molecule has 2 aliphatic rings. The van der Waals surface area contributed by atoms with Crippen molar-refractivity contribution in [2.75, 3.05) is 29.0 Å². The number of rotatable bonds is 7. The number of piperidine rings is 1. The first-order valence-electron chi connectivity index (χ1n) is 12.5. The van der Waals surface area contributed by atoms with E-state index in [4.69, 9.17) is 5.73 Å². The minimum atomic E-state index is -0.682. The average molecular weight is 486 g/mol. The van der Waals surface area contributed by atoms with E-state index in [2.05, 4.69) is 15.3 Å². The van der Waals surface area contributed by atoms with Crippen LogP contribution in [-0.4, -0.2) is 40.7 Å². The number of hydrogen-bond acceptors (Lipinski definition) is 7. The molecule has 0 bridgehead atoms. The molecule has 1 aromatic heterocycles. The van der Waals surface area contributed by atoms with Crippen LogP contribution in [0.2, 0.25) is 0 Å². The summed E-state index contributed by atoms with van der Waals surface area (Å²) in [6.45, 7) is 4.58. The Morgan fingerprint density at radius 3 is 2.71 bits per heavy atom. The molecule has 188 valence electrons. The molecule has 0 amide bonds. The van der Waals surface area contributed by atoms with Gasteiger partial charge in [0.2, 0.25) is 5.82 Å². The van der Waals surface area contributed by atoms with Crippen LogP contribution in [0.4, 0.5) is 26.1 Å². The van der Waals surface area contributed by atoms with Crippen LogP contribution in [0.3, 0.4) is 0 Å².